The van der Waals surface area contributed by atoms with Crippen LogP contribution in [0.4, 0.5) is 0 Å². The monoisotopic (exact) mass is 489 g/mol. The predicted octanol–water partition coefficient (Wildman–Crippen LogP) is 3.65. The molecule has 5 nitrogen and oxygen atoms in total. The fraction of sp³-hybridized carbons (Fsp3) is 0.273. The fourth-order valence-electron chi connectivity index (χ4n) is 1.76. The molecule has 0 saturated heterocycles. The number of halogens is 3. The van der Waals surface area contributed by atoms with Crippen LogP contribution in [-0.4, -0.2) is 23.2 Å². The number of hydrogen-bond donors (Lipinski definition) is 0. The van der Waals surface area contributed by atoms with Gasteiger partial charge in [-0.25, -0.2) is 8.42 Å². The van der Waals surface area contributed by atoms with E-state index in [1.54, 1.807) is 0 Å². The molecule has 0 radical (unpaired) electrons. The van der Waals surface area contributed by atoms with E-state index in [2.05, 4.69) is 48.7 Å². The Morgan fingerprint density at radius 1 is 1.40 bits per heavy atom. The molecule has 1 aromatic carbocycles. The highest BCUT2D eigenvalue weighted by atomic mass is 127. The first-order chi connectivity index (χ1) is 9.34. The van der Waals surface area contributed by atoms with Crippen molar-refractivity contribution in [2.75, 3.05) is 0 Å². The van der Waals surface area contributed by atoms with Gasteiger partial charge in [0.15, 0.2) is 5.82 Å². The lowest BCUT2D eigenvalue weighted by Crippen LogP contribution is -2.08. The number of hydrogen-bond acceptors (Lipinski definition) is 4. The summed E-state index contributed by atoms with van der Waals surface area (Å²) in [5.74, 6) is 0.497. The molecule has 0 spiro atoms. The van der Waals surface area contributed by atoms with E-state index < -0.39 is 9.05 Å². The average molecular weight is 491 g/mol. The number of nitrogens with zero attached hydrogens (tertiary/aromatic N) is 3. The van der Waals surface area contributed by atoms with Crippen LogP contribution in [0.2, 0.25) is 0 Å². The van der Waals surface area contributed by atoms with Crippen LogP contribution in [0.1, 0.15) is 13.3 Å². The highest BCUT2D eigenvalue weighted by Crippen LogP contribution is 2.29. The van der Waals surface area contributed by atoms with Crippen LogP contribution in [0, 0.1) is 3.57 Å². The fourth-order valence-corrected chi connectivity index (χ4v) is 3.62. The minimum absolute atomic E-state index is 0.216. The molecule has 0 aliphatic rings. The first kappa shape index (κ1) is 16.2. The van der Waals surface area contributed by atoms with E-state index in [-0.39, 0.29) is 5.16 Å². The Labute approximate surface area is 143 Å². The summed E-state index contributed by atoms with van der Waals surface area (Å²) in [6.07, 6.45) is 0.745. The van der Waals surface area contributed by atoms with Gasteiger partial charge in [-0.3, -0.25) is 4.57 Å². The molecule has 0 aliphatic carbocycles. The first-order valence-corrected chi connectivity index (χ1v) is 9.86. The molecule has 0 unspecified atom stereocenters. The second-order valence-electron chi connectivity index (χ2n) is 4.02. The molecule has 9 heteroatoms. The Morgan fingerprint density at radius 3 is 2.70 bits per heavy atom. The third kappa shape index (κ3) is 3.34. The van der Waals surface area contributed by atoms with Crippen LogP contribution < -0.4 is 0 Å². The lowest BCUT2D eigenvalue weighted by atomic mass is 10.2. The van der Waals surface area contributed by atoms with E-state index >= 15 is 0 Å². The topological polar surface area (TPSA) is 64.8 Å². The van der Waals surface area contributed by atoms with Crippen LogP contribution in [-0.2, 0) is 15.6 Å². The second kappa shape index (κ2) is 6.29. The van der Waals surface area contributed by atoms with E-state index in [1.807, 2.05) is 25.1 Å². The summed E-state index contributed by atoms with van der Waals surface area (Å²) in [5, 5.41) is 7.51. The molecular weight excluding hydrogens is 480 g/mol. The summed E-state index contributed by atoms with van der Waals surface area (Å²) in [4.78, 5) is 0. The molecule has 0 saturated carbocycles. The maximum absolute atomic E-state index is 11.6. The van der Waals surface area contributed by atoms with E-state index in [9.17, 15) is 8.42 Å². The molecule has 0 amide bonds. The Balaban J connectivity index is 2.69. The average Bonchev–Trinajstić information content (AvgIpc) is 2.76. The Hall–Kier alpha value is -0.190. The van der Waals surface area contributed by atoms with Gasteiger partial charge in [0.1, 0.15) is 0 Å². The van der Waals surface area contributed by atoms with Gasteiger partial charge in [0, 0.05) is 30.8 Å². The van der Waals surface area contributed by atoms with Gasteiger partial charge >= 0.3 is 0 Å². The summed E-state index contributed by atoms with van der Waals surface area (Å²) < 4.78 is 26.5. The molecular formula is C11H10BrClIN3O2S. The summed E-state index contributed by atoms with van der Waals surface area (Å²) in [6.45, 7) is 2.42. The molecule has 20 heavy (non-hydrogen) atoms. The lowest BCUT2D eigenvalue weighted by Gasteiger charge is -2.09. The molecule has 0 atom stereocenters. The summed E-state index contributed by atoms with van der Waals surface area (Å²) >= 11 is 5.57. The minimum Gasteiger partial charge on any atom is -0.297 e. The van der Waals surface area contributed by atoms with Crippen molar-refractivity contribution >= 4 is 58.3 Å². The number of benzene rings is 1. The van der Waals surface area contributed by atoms with Crippen LogP contribution in [0.5, 0.6) is 0 Å². The Bertz CT molecular complexity index is 748. The van der Waals surface area contributed by atoms with Crippen molar-refractivity contribution in [2.45, 2.75) is 25.0 Å². The summed E-state index contributed by atoms with van der Waals surface area (Å²) in [7, 11) is 1.49. The van der Waals surface area contributed by atoms with Crippen LogP contribution >= 0.6 is 49.2 Å². The van der Waals surface area contributed by atoms with Crippen molar-refractivity contribution < 1.29 is 8.42 Å². The normalized spacial score (nSPS) is 11.8. The maximum Gasteiger partial charge on any atom is 0.296 e. The maximum atomic E-state index is 11.6. The zero-order valence-corrected chi connectivity index (χ0v) is 15.7. The van der Waals surface area contributed by atoms with E-state index in [0.29, 0.717) is 12.4 Å². The van der Waals surface area contributed by atoms with Crippen LogP contribution in [0.15, 0.2) is 27.8 Å². The van der Waals surface area contributed by atoms with E-state index in [0.717, 1.165) is 20.0 Å². The SMILES string of the molecule is CCCn1c(-c2cc(Br)ccc2I)nnc1S(=O)(=O)Cl. The van der Waals surface area contributed by atoms with Crippen LogP contribution in [0.25, 0.3) is 11.4 Å². The van der Waals surface area contributed by atoms with Gasteiger partial charge in [0.25, 0.3) is 14.2 Å². The first-order valence-electron chi connectivity index (χ1n) is 5.68. The Morgan fingerprint density at radius 2 is 2.10 bits per heavy atom. The molecule has 0 bridgehead atoms. The highest BCUT2D eigenvalue weighted by molar-refractivity contribution is 14.1. The molecule has 0 N–H and O–H groups in total. The smallest absolute Gasteiger partial charge is 0.296 e. The molecule has 2 aromatic rings. The van der Waals surface area contributed by atoms with Gasteiger partial charge in [-0.2, -0.15) is 0 Å². The zero-order valence-electron chi connectivity index (χ0n) is 10.3. The highest BCUT2D eigenvalue weighted by Gasteiger charge is 2.23. The van der Waals surface area contributed by atoms with Gasteiger partial charge in [-0.15, -0.1) is 10.2 Å². The van der Waals surface area contributed by atoms with Crippen molar-refractivity contribution in [2.24, 2.45) is 0 Å². The lowest BCUT2D eigenvalue weighted by molar-refractivity contribution is 0.570. The van der Waals surface area contributed by atoms with Crippen molar-refractivity contribution in [3.8, 4) is 11.4 Å². The van der Waals surface area contributed by atoms with Crippen molar-refractivity contribution in [1.82, 2.24) is 14.8 Å². The predicted molar refractivity (Wildman–Crippen MR) is 89.2 cm³/mol. The van der Waals surface area contributed by atoms with Gasteiger partial charge < -0.3 is 0 Å². The van der Waals surface area contributed by atoms with Gasteiger partial charge in [0.05, 0.1) is 0 Å². The molecule has 1 heterocycles. The second-order valence-corrected chi connectivity index (χ2v) is 8.56. The van der Waals surface area contributed by atoms with Crippen LogP contribution in [0.3, 0.4) is 0 Å². The standard InChI is InChI=1S/C11H10BrClIN3O2S/c1-2-5-17-10(15-16-11(17)20(13,18)19)8-6-7(12)3-4-9(8)14/h3-4,6H,2,5H2,1H3. The van der Waals surface area contributed by atoms with Gasteiger partial charge in [-0.05, 0) is 47.2 Å². The zero-order chi connectivity index (χ0) is 14.9. The van der Waals surface area contributed by atoms with E-state index in [4.69, 9.17) is 10.7 Å². The molecule has 2 rings (SSSR count). The molecule has 0 fully saturated rings. The molecule has 108 valence electrons. The molecule has 0 aliphatic heterocycles. The van der Waals surface area contributed by atoms with Crippen molar-refractivity contribution in [3.05, 3.63) is 26.2 Å². The summed E-state index contributed by atoms with van der Waals surface area (Å²) in [6, 6.07) is 5.70. The third-order valence-electron chi connectivity index (χ3n) is 2.55. The molecule has 1 aromatic heterocycles. The largest absolute Gasteiger partial charge is 0.297 e. The summed E-state index contributed by atoms with van der Waals surface area (Å²) in [5.41, 5.74) is 0.812. The third-order valence-corrected chi connectivity index (χ3v) is 5.14. The minimum atomic E-state index is -3.92. The van der Waals surface area contributed by atoms with Crippen molar-refractivity contribution in [3.63, 3.8) is 0 Å². The van der Waals surface area contributed by atoms with Crippen molar-refractivity contribution in [1.29, 1.82) is 0 Å². The van der Waals surface area contributed by atoms with Gasteiger partial charge in [-0.1, -0.05) is 22.9 Å². The number of rotatable bonds is 4. The number of aromatic nitrogens is 3. The van der Waals surface area contributed by atoms with E-state index in [1.165, 1.54) is 4.57 Å². The van der Waals surface area contributed by atoms with Gasteiger partial charge in [0.2, 0.25) is 0 Å². The quantitative estimate of drug-likeness (QED) is 0.485. The Kier molecular flexibility index (Phi) is 5.09.